The van der Waals surface area contributed by atoms with Crippen molar-refractivity contribution in [1.82, 2.24) is 10.6 Å². The van der Waals surface area contributed by atoms with Gasteiger partial charge in [-0.05, 0) is 25.0 Å². The van der Waals surface area contributed by atoms with E-state index in [1.54, 1.807) is 12.1 Å². The van der Waals surface area contributed by atoms with Crippen molar-refractivity contribution in [2.24, 2.45) is 0 Å². The summed E-state index contributed by atoms with van der Waals surface area (Å²) in [5.41, 5.74) is 0.455. The lowest BCUT2D eigenvalue weighted by molar-refractivity contribution is -0.385. The van der Waals surface area contributed by atoms with Crippen molar-refractivity contribution < 1.29 is 33.6 Å². The first-order valence-electron chi connectivity index (χ1n) is 12.2. The molecule has 39 heavy (non-hydrogen) atoms. The van der Waals surface area contributed by atoms with E-state index >= 15 is 0 Å². The van der Waals surface area contributed by atoms with E-state index in [-0.39, 0.29) is 11.4 Å². The fraction of sp³-hybridized carbons (Fsp3) is 0.417. The van der Waals surface area contributed by atoms with Crippen LogP contribution in [0.25, 0.3) is 0 Å². The van der Waals surface area contributed by atoms with Gasteiger partial charge >= 0.3 is 12.1 Å². The van der Waals surface area contributed by atoms with E-state index in [0.717, 1.165) is 0 Å². The standard InChI is InChI=1S/C24H32N6O9/c31-23(27-19-5-1-7-21(17-19)29(33)34)25-9-3-11-37-13-15-39-16-14-38-12-4-10-26-24(32)28-20-6-2-8-22(18-20)30(35)36/h1-2,5-8,17-18H,3-4,9-16H2,(H2,25,27,31)(H2,26,28,32). The highest BCUT2D eigenvalue weighted by atomic mass is 16.6. The molecule has 15 nitrogen and oxygen atoms in total. The van der Waals surface area contributed by atoms with Crippen molar-refractivity contribution in [3.05, 3.63) is 68.8 Å². The lowest BCUT2D eigenvalue weighted by Gasteiger charge is -2.09. The van der Waals surface area contributed by atoms with E-state index in [4.69, 9.17) is 14.2 Å². The third kappa shape index (κ3) is 13.7. The normalized spacial score (nSPS) is 10.5. The number of nitro benzene ring substituents is 2. The van der Waals surface area contributed by atoms with Gasteiger partial charge in [-0.2, -0.15) is 0 Å². The maximum atomic E-state index is 11.8. The van der Waals surface area contributed by atoms with Crippen molar-refractivity contribution in [3.63, 3.8) is 0 Å². The Morgan fingerprint density at radius 1 is 0.641 bits per heavy atom. The third-order valence-corrected chi connectivity index (χ3v) is 4.88. The molecule has 0 saturated carbocycles. The molecule has 0 aliphatic heterocycles. The second-order valence-electron chi connectivity index (χ2n) is 7.92. The number of ether oxygens (including phenoxy) is 3. The molecule has 2 aromatic carbocycles. The molecule has 0 atom stereocenters. The van der Waals surface area contributed by atoms with Crippen LogP contribution in [-0.2, 0) is 14.2 Å². The first-order valence-corrected chi connectivity index (χ1v) is 12.2. The van der Waals surface area contributed by atoms with Crippen molar-refractivity contribution in [1.29, 1.82) is 0 Å². The first kappa shape index (κ1) is 30.9. The van der Waals surface area contributed by atoms with E-state index in [1.165, 1.54) is 36.4 Å². The SMILES string of the molecule is O=C(NCCCOCCOCCOCCCNC(=O)Nc1cccc([N+](=O)[O-])c1)Nc1cccc([N+](=O)[O-])c1. The zero-order chi connectivity index (χ0) is 28.3. The molecule has 2 aromatic rings. The zero-order valence-electron chi connectivity index (χ0n) is 21.3. The highest BCUT2D eigenvalue weighted by Crippen LogP contribution is 2.17. The number of anilines is 2. The van der Waals surface area contributed by atoms with E-state index in [2.05, 4.69) is 21.3 Å². The smallest absolute Gasteiger partial charge is 0.319 e. The number of amides is 4. The predicted octanol–water partition coefficient (Wildman–Crippen LogP) is 3.28. The molecule has 0 unspecified atom stereocenters. The molecule has 0 aromatic heterocycles. The van der Waals surface area contributed by atoms with Gasteiger partial charge in [-0.15, -0.1) is 0 Å². The van der Waals surface area contributed by atoms with E-state index in [9.17, 15) is 29.8 Å². The fourth-order valence-corrected chi connectivity index (χ4v) is 3.04. The molecule has 0 heterocycles. The molecule has 0 aliphatic carbocycles. The van der Waals surface area contributed by atoms with Crippen LogP contribution >= 0.6 is 0 Å². The summed E-state index contributed by atoms with van der Waals surface area (Å²) in [6.07, 6.45) is 1.17. The molecule has 4 amide bonds. The van der Waals surface area contributed by atoms with Crippen LogP contribution in [0.3, 0.4) is 0 Å². The Labute approximate surface area is 224 Å². The maximum absolute atomic E-state index is 11.8. The summed E-state index contributed by atoms with van der Waals surface area (Å²) in [6, 6.07) is 10.4. The Kier molecular flexibility index (Phi) is 14.3. The molecular formula is C24H32N6O9. The Hall–Kier alpha value is -4.34. The second kappa shape index (κ2) is 18.0. The number of carbonyl (C=O) groups excluding carboxylic acids is 2. The quantitative estimate of drug-likeness (QED) is 0.123. The fourth-order valence-electron chi connectivity index (χ4n) is 3.04. The topological polar surface area (TPSA) is 196 Å². The predicted molar refractivity (Wildman–Crippen MR) is 142 cm³/mol. The van der Waals surface area contributed by atoms with Gasteiger partial charge in [0.2, 0.25) is 0 Å². The van der Waals surface area contributed by atoms with Gasteiger partial charge in [-0.1, -0.05) is 12.1 Å². The summed E-state index contributed by atoms with van der Waals surface area (Å²) >= 11 is 0. The molecule has 0 spiro atoms. The van der Waals surface area contributed by atoms with Crippen molar-refractivity contribution >= 4 is 34.8 Å². The van der Waals surface area contributed by atoms with Gasteiger partial charge in [0.1, 0.15) is 0 Å². The van der Waals surface area contributed by atoms with Crippen LogP contribution in [0.15, 0.2) is 48.5 Å². The number of urea groups is 2. The molecule has 0 fully saturated rings. The Bertz CT molecular complexity index is 1000. The molecule has 0 radical (unpaired) electrons. The van der Waals surface area contributed by atoms with Gasteiger partial charge in [-0.25, -0.2) is 9.59 Å². The summed E-state index contributed by atoms with van der Waals surface area (Å²) in [7, 11) is 0. The van der Waals surface area contributed by atoms with Crippen molar-refractivity contribution in [2.75, 3.05) is 63.4 Å². The summed E-state index contributed by atoms with van der Waals surface area (Å²) in [6.45, 7) is 3.18. The molecule has 212 valence electrons. The number of hydrogen-bond acceptors (Lipinski definition) is 9. The number of nitro groups is 2. The summed E-state index contributed by atoms with van der Waals surface area (Å²) < 4.78 is 16.3. The third-order valence-electron chi connectivity index (χ3n) is 4.88. The van der Waals surface area contributed by atoms with Crippen LogP contribution in [0.4, 0.5) is 32.3 Å². The van der Waals surface area contributed by atoms with Gasteiger partial charge < -0.3 is 35.5 Å². The minimum absolute atomic E-state index is 0.105. The van der Waals surface area contributed by atoms with E-state index in [1.807, 2.05) is 0 Å². The molecule has 0 bridgehead atoms. The number of hydrogen-bond donors (Lipinski definition) is 4. The molecule has 15 heteroatoms. The monoisotopic (exact) mass is 548 g/mol. The first-order chi connectivity index (χ1) is 18.8. The van der Waals surface area contributed by atoms with Gasteiger partial charge in [-0.3, -0.25) is 20.2 Å². The van der Waals surface area contributed by atoms with Crippen molar-refractivity contribution in [3.8, 4) is 0 Å². The van der Waals surface area contributed by atoms with Gasteiger partial charge in [0.05, 0.1) is 36.3 Å². The van der Waals surface area contributed by atoms with Crippen LogP contribution in [0.2, 0.25) is 0 Å². The zero-order valence-corrected chi connectivity index (χ0v) is 21.3. The molecule has 0 aliphatic rings. The number of non-ortho nitro benzene ring substituents is 2. The van der Waals surface area contributed by atoms with E-state index in [0.29, 0.717) is 76.9 Å². The average Bonchev–Trinajstić information content (AvgIpc) is 2.91. The second-order valence-corrected chi connectivity index (χ2v) is 7.92. The number of rotatable bonds is 18. The number of carbonyl (C=O) groups is 2. The summed E-state index contributed by atoms with van der Waals surface area (Å²) in [5, 5.41) is 31.9. The largest absolute Gasteiger partial charge is 0.379 e. The maximum Gasteiger partial charge on any atom is 0.319 e. The Balaban J connectivity index is 1.36. The van der Waals surface area contributed by atoms with Crippen LogP contribution in [0.5, 0.6) is 0 Å². The van der Waals surface area contributed by atoms with Crippen molar-refractivity contribution in [2.45, 2.75) is 12.8 Å². The minimum atomic E-state index is -0.533. The van der Waals surface area contributed by atoms with Crippen LogP contribution in [-0.4, -0.2) is 74.6 Å². The molecule has 0 saturated heterocycles. The van der Waals surface area contributed by atoms with Gasteiger partial charge in [0.25, 0.3) is 11.4 Å². The molecular weight excluding hydrogens is 516 g/mol. The summed E-state index contributed by atoms with van der Waals surface area (Å²) in [4.78, 5) is 44.1. The van der Waals surface area contributed by atoms with Crippen LogP contribution < -0.4 is 21.3 Å². The average molecular weight is 549 g/mol. The highest BCUT2D eigenvalue weighted by Gasteiger charge is 2.09. The van der Waals surface area contributed by atoms with Crippen LogP contribution in [0.1, 0.15) is 12.8 Å². The Morgan fingerprint density at radius 3 is 1.41 bits per heavy atom. The lowest BCUT2D eigenvalue weighted by atomic mass is 10.3. The molecule has 4 N–H and O–H groups in total. The van der Waals surface area contributed by atoms with Gasteiger partial charge in [0, 0.05) is 61.9 Å². The minimum Gasteiger partial charge on any atom is -0.379 e. The van der Waals surface area contributed by atoms with Crippen LogP contribution in [0, 0.1) is 20.2 Å². The highest BCUT2D eigenvalue weighted by molar-refractivity contribution is 5.90. The Morgan fingerprint density at radius 2 is 1.03 bits per heavy atom. The number of nitrogens with zero attached hydrogens (tertiary/aromatic N) is 2. The lowest BCUT2D eigenvalue weighted by Crippen LogP contribution is -2.30. The number of benzene rings is 2. The van der Waals surface area contributed by atoms with E-state index < -0.39 is 21.9 Å². The molecule has 2 rings (SSSR count). The van der Waals surface area contributed by atoms with Gasteiger partial charge in [0.15, 0.2) is 0 Å². The number of nitrogens with one attached hydrogen (secondary N) is 4. The summed E-state index contributed by atoms with van der Waals surface area (Å²) in [5.74, 6) is 0.